The quantitative estimate of drug-likeness (QED) is 0.127. The maximum atomic E-state index is 6.80. The van der Waals surface area contributed by atoms with Gasteiger partial charge in [0.25, 0.3) is 0 Å². The van der Waals surface area contributed by atoms with E-state index in [2.05, 4.69) is 79.7 Å². The maximum Gasteiger partial charge on any atom is 0.191 e. The molecule has 3 aromatic rings. The van der Waals surface area contributed by atoms with Gasteiger partial charge >= 0.3 is 0 Å². The van der Waals surface area contributed by atoms with E-state index in [4.69, 9.17) is 49.5 Å². The molecule has 0 bridgehead atoms. The molecule has 0 amide bonds. The number of ether oxygens (including phenoxy) is 8. The zero-order valence-electron chi connectivity index (χ0n) is 31.6. The van der Waals surface area contributed by atoms with Crippen molar-refractivity contribution in [2.45, 2.75) is 55.4 Å². The number of fused-ring (bicyclic) bond motifs is 2. The van der Waals surface area contributed by atoms with Gasteiger partial charge in [0.15, 0.2) is 23.0 Å². The van der Waals surface area contributed by atoms with Gasteiger partial charge in [-0.05, 0) is 34.8 Å². The Balaban J connectivity index is 1.31. The summed E-state index contributed by atoms with van der Waals surface area (Å²) in [5.74, 6) is 4.52. The molecule has 0 spiro atoms. The third-order valence-corrected chi connectivity index (χ3v) is 10.8. The second-order valence-electron chi connectivity index (χ2n) is 16.0. The van der Waals surface area contributed by atoms with Gasteiger partial charge in [0.1, 0.15) is 30.8 Å². The Hall–Kier alpha value is -2.05. The minimum atomic E-state index is -0.456. The lowest BCUT2D eigenvalue weighted by molar-refractivity contribution is -0.0674. The number of rotatable bonds is 18. The number of hydrogen-bond acceptors (Lipinski definition) is 10. The highest BCUT2D eigenvalue weighted by molar-refractivity contribution is 7.20. The normalized spacial score (nSPS) is 16.6. The van der Waals surface area contributed by atoms with Crippen LogP contribution in [0, 0.1) is 34.5 Å². The second-order valence-corrected chi connectivity index (χ2v) is 18.5. The molecule has 1 aromatic carbocycles. The van der Waals surface area contributed by atoms with E-state index in [1.165, 1.54) is 11.3 Å². The summed E-state index contributed by atoms with van der Waals surface area (Å²) in [5.41, 5.74) is 1.18. The number of thiophene rings is 2. The predicted molar refractivity (Wildman–Crippen MR) is 208 cm³/mol. The van der Waals surface area contributed by atoms with Crippen molar-refractivity contribution in [3.8, 4) is 43.9 Å². The summed E-state index contributed by atoms with van der Waals surface area (Å²) in [6.45, 7) is 23.6. The van der Waals surface area contributed by atoms with Crippen molar-refractivity contribution in [1.29, 1.82) is 0 Å². The summed E-state index contributed by atoms with van der Waals surface area (Å²) >= 11 is 9.89. The van der Waals surface area contributed by atoms with Crippen LogP contribution >= 0.6 is 34.3 Å². The Kier molecular flexibility index (Phi) is 14.4. The van der Waals surface area contributed by atoms with Crippen LogP contribution in [0.25, 0.3) is 20.9 Å². The third kappa shape index (κ3) is 10.8. The molecule has 4 heterocycles. The van der Waals surface area contributed by atoms with Crippen molar-refractivity contribution in [2.75, 3.05) is 79.3 Å². The molecule has 0 aliphatic carbocycles. The van der Waals surface area contributed by atoms with Crippen LogP contribution in [0.15, 0.2) is 29.6 Å². The van der Waals surface area contributed by atoms with Crippen molar-refractivity contribution in [3.63, 3.8) is 0 Å². The van der Waals surface area contributed by atoms with Crippen molar-refractivity contribution >= 4 is 34.3 Å². The van der Waals surface area contributed by atoms with Gasteiger partial charge in [-0.3, -0.25) is 0 Å². The molecule has 0 N–H and O–H groups in total. The first-order chi connectivity index (χ1) is 24.4. The minimum absolute atomic E-state index is 0.394. The summed E-state index contributed by atoms with van der Waals surface area (Å²) in [6.07, 6.45) is 0. The minimum Gasteiger partial charge on any atom is -0.488 e. The monoisotopic (exact) mass is 764 g/mol. The molecule has 284 valence electrons. The fourth-order valence-corrected chi connectivity index (χ4v) is 8.04. The van der Waals surface area contributed by atoms with E-state index in [9.17, 15) is 0 Å². The molecule has 2 aliphatic heterocycles. The van der Waals surface area contributed by atoms with Gasteiger partial charge in [-0.25, -0.2) is 0 Å². The number of hydrogen-bond donors (Lipinski definition) is 0. The van der Waals surface area contributed by atoms with Gasteiger partial charge in [-0.1, -0.05) is 91.3 Å². The van der Waals surface area contributed by atoms with Gasteiger partial charge in [-0.2, -0.15) is 0 Å². The van der Waals surface area contributed by atoms with E-state index < -0.39 is 10.8 Å². The lowest BCUT2D eigenvalue weighted by Gasteiger charge is -2.31. The Morgan fingerprint density at radius 2 is 0.961 bits per heavy atom. The maximum absolute atomic E-state index is 6.80. The molecule has 0 saturated carbocycles. The lowest BCUT2D eigenvalue weighted by atomic mass is 9.92. The number of benzene rings is 1. The molecule has 0 unspecified atom stereocenters. The van der Waals surface area contributed by atoms with Crippen molar-refractivity contribution < 1.29 is 37.9 Å². The summed E-state index contributed by atoms with van der Waals surface area (Å²) in [6, 6.07) is 8.43. The van der Waals surface area contributed by atoms with Crippen LogP contribution < -0.4 is 18.9 Å². The van der Waals surface area contributed by atoms with Gasteiger partial charge < -0.3 is 37.9 Å². The lowest BCUT2D eigenvalue weighted by Crippen LogP contribution is -2.43. The smallest absolute Gasteiger partial charge is 0.191 e. The van der Waals surface area contributed by atoms with Gasteiger partial charge in [0, 0.05) is 31.8 Å². The fourth-order valence-electron chi connectivity index (χ4n) is 5.81. The van der Waals surface area contributed by atoms with E-state index in [0.717, 1.165) is 32.4 Å². The standard InChI is InChI=1S/C40H57ClO8S2/c1-26(2)13-42-18-39(19-43-14-27(3)4)22-46-32-17-50-36(33(32)47-23-39)30-9-11-31(12-10-30)37-34-35(38(41)51-37)49-25-40(24-48-34,20-44-15-28(5)6)21-45-16-29(7)8/h9-12,17,26-29H,13-16,18-25H2,1-8H3. The highest BCUT2D eigenvalue weighted by atomic mass is 35.5. The van der Waals surface area contributed by atoms with E-state index in [1.54, 1.807) is 11.3 Å². The molecule has 5 rings (SSSR count). The molecule has 0 fully saturated rings. The molecule has 2 aromatic heterocycles. The fraction of sp³-hybridized carbons (Fsp3) is 0.650. The first-order valence-corrected chi connectivity index (χ1v) is 20.3. The zero-order valence-corrected chi connectivity index (χ0v) is 34.0. The van der Waals surface area contributed by atoms with E-state index in [-0.39, 0.29) is 0 Å². The Labute approximate surface area is 318 Å². The highest BCUT2D eigenvalue weighted by Gasteiger charge is 2.40. The largest absolute Gasteiger partial charge is 0.488 e. The van der Waals surface area contributed by atoms with Gasteiger partial charge in [0.05, 0.1) is 47.0 Å². The molecule has 8 nitrogen and oxygen atoms in total. The van der Waals surface area contributed by atoms with Crippen LogP contribution in [-0.2, 0) is 18.9 Å². The van der Waals surface area contributed by atoms with Crippen molar-refractivity contribution in [3.05, 3.63) is 34.0 Å². The highest BCUT2D eigenvalue weighted by Crippen LogP contribution is 2.53. The first-order valence-electron chi connectivity index (χ1n) is 18.3. The molecular weight excluding hydrogens is 708 g/mol. The van der Waals surface area contributed by atoms with E-state index in [0.29, 0.717) is 119 Å². The average molecular weight is 765 g/mol. The predicted octanol–water partition coefficient (Wildman–Crippen LogP) is 10.0. The molecule has 2 aliphatic rings. The molecular formula is C40H57ClO8S2. The number of halogens is 1. The Bertz CT molecular complexity index is 1490. The first kappa shape index (κ1) is 40.1. The molecule has 11 heteroatoms. The van der Waals surface area contributed by atoms with Crippen LogP contribution in [0.2, 0.25) is 4.34 Å². The Morgan fingerprint density at radius 1 is 0.569 bits per heavy atom. The topological polar surface area (TPSA) is 73.8 Å². The van der Waals surface area contributed by atoms with Gasteiger partial charge in [0.2, 0.25) is 0 Å². The molecule has 0 radical (unpaired) electrons. The van der Waals surface area contributed by atoms with E-state index >= 15 is 0 Å². The second kappa shape index (κ2) is 18.3. The zero-order chi connectivity index (χ0) is 36.6. The Morgan fingerprint density at radius 3 is 1.41 bits per heavy atom. The van der Waals surface area contributed by atoms with Crippen LogP contribution in [-0.4, -0.2) is 79.3 Å². The third-order valence-electron chi connectivity index (χ3n) is 8.45. The molecule has 0 saturated heterocycles. The van der Waals surface area contributed by atoms with Crippen LogP contribution in [0.3, 0.4) is 0 Å². The molecule has 0 atom stereocenters. The van der Waals surface area contributed by atoms with Crippen molar-refractivity contribution in [1.82, 2.24) is 0 Å². The summed E-state index contributed by atoms with van der Waals surface area (Å²) in [5, 5.41) is 2.03. The van der Waals surface area contributed by atoms with E-state index in [1.807, 2.05) is 5.38 Å². The summed E-state index contributed by atoms with van der Waals surface area (Å²) in [7, 11) is 0. The van der Waals surface area contributed by atoms with Crippen LogP contribution in [0.1, 0.15) is 55.4 Å². The van der Waals surface area contributed by atoms with Gasteiger partial charge in [-0.15, -0.1) is 22.7 Å². The average Bonchev–Trinajstić information content (AvgIpc) is 3.49. The van der Waals surface area contributed by atoms with Crippen molar-refractivity contribution in [2.24, 2.45) is 34.5 Å². The summed E-state index contributed by atoms with van der Waals surface area (Å²) < 4.78 is 51.0. The van der Waals surface area contributed by atoms with Crippen LogP contribution in [0.5, 0.6) is 23.0 Å². The summed E-state index contributed by atoms with van der Waals surface area (Å²) in [4.78, 5) is 1.95. The molecule has 51 heavy (non-hydrogen) atoms. The SMILES string of the molecule is CC(C)COCC1(COCC(C)C)COc2csc(-c3ccc(-c4sc(Cl)c5c4OCC(COCC(C)C)(COCC(C)C)CO5)cc3)c2OC1. The van der Waals surface area contributed by atoms with Crippen LogP contribution in [0.4, 0.5) is 0 Å².